The Morgan fingerprint density at radius 3 is 2.93 bits per heavy atom. The molecule has 4 heteroatoms. The zero-order chi connectivity index (χ0) is 10.8. The van der Waals surface area contributed by atoms with E-state index in [4.69, 9.17) is 5.73 Å². The lowest BCUT2D eigenvalue weighted by atomic mass is 9.91. The fourth-order valence-corrected chi connectivity index (χ4v) is 2.18. The third-order valence-corrected chi connectivity index (χ3v) is 3.08. The van der Waals surface area contributed by atoms with Crippen LogP contribution in [0.4, 0.5) is 0 Å². The van der Waals surface area contributed by atoms with E-state index in [-0.39, 0.29) is 11.6 Å². The normalized spacial score (nSPS) is 17.2. The monoisotopic (exact) mass is 207 g/mol. The van der Waals surface area contributed by atoms with Gasteiger partial charge in [0.15, 0.2) is 0 Å². The molecular weight excluding hydrogens is 190 g/mol. The highest BCUT2D eigenvalue weighted by Gasteiger charge is 2.18. The Morgan fingerprint density at radius 1 is 1.47 bits per heavy atom. The summed E-state index contributed by atoms with van der Waals surface area (Å²) in [4.78, 5) is 18.3. The van der Waals surface area contributed by atoms with Gasteiger partial charge in [-0.05, 0) is 31.2 Å². The van der Waals surface area contributed by atoms with Gasteiger partial charge >= 0.3 is 5.69 Å². The maximum Gasteiger partial charge on any atom is 0.345 e. The number of aryl methyl sites for hydroxylation is 1. The Kier molecular flexibility index (Phi) is 2.86. The molecule has 1 heterocycles. The van der Waals surface area contributed by atoms with Crippen molar-refractivity contribution in [2.45, 2.75) is 38.5 Å². The summed E-state index contributed by atoms with van der Waals surface area (Å²) < 4.78 is 0. The van der Waals surface area contributed by atoms with Gasteiger partial charge in [-0.15, -0.1) is 0 Å². The zero-order valence-corrected chi connectivity index (χ0v) is 9.05. The number of nitrogens with one attached hydrogen (secondary N) is 1. The maximum absolute atomic E-state index is 11.4. The number of rotatable bonds is 2. The van der Waals surface area contributed by atoms with Crippen LogP contribution >= 0.6 is 0 Å². The smallest absolute Gasteiger partial charge is 0.330 e. The minimum absolute atomic E-state index is 0.180. The average molecular weight is 207 g/mol. The fourth-order valence-electron chi connectivity index (χ4n) is 2.18. The van der Waals surface area contributed by atoms with Crippen LogP contribution in [0.2, 0.25) is 0 Å². The van der Waals surface area contributed by atoms with Crippen molar-refractivity contribution in [1.29, 1.82) is 0 Å². The quantitative estimate of drug-likeness (QED) is 0.750. The highest BCUT2D eigenvalue weighted by Crippen LogP contribution is 2.24. The first kappa shape index (κ1) is 10.4. The second kappa shape index (κ2) is 4.14. The van der Waals surface area contributed by atoms with Gasteiger partial charge < -0.3 is 10.7 Å². The molecule has 1 aromatic rings. The van der Waals surface area contributed by atoms with E-state index in [0.29, 0.717) is 6.54 Å². The Bertz CT molecular complexity index is 411. The number of nitrogens with two attached hydrogens (primary N) is 1. The molecule has 1 aliphatic rings. The molecule has 3 N–H and O–H groups in total. The molecule has 0 saturated carbocycles. The third-order valence-electron chi connectivity index (χ3n) is 3.08. The minimum Gasteiger partial charge on any atom is -0.330 e. The lowest BCUT2D eigenvalue weighted by Crippen LogP contribution is -2.24. The van der Waals surface area contributed by atoms with E-state index < -0.39 is 0 Å². The van der Waals surface area contributed by atoms with E-state index in [1.54, 1.807) is 0 Å². The first-order valence-corrected chi connectivity index (χ1v) is 5.54. The first-order valence-electron chi connectivity index (χ1n) is 5.54. The van der Waals surface area contributed by atoms with Gasteiger partial charge in [-0.2, -0.15) is 4.98 Å². The van der Waals surface area contributed by atoms with Gasteiger partial charge in [0.05, 0.1) is 5.69 Å². The van der Waals surface area contributed by atoms with Crippen LogP contribution in [0.3, 0.4) is 0 Å². The number of aromatic nitrogens is 2. The first-order chi connectivity index (χ1) is 7.22. The van der Waals surface area contributed by atoms with E-state index >= 15 is 0 Å². The lowest BCUT2D eigenvalue weighted by molar-refractivity contribution is 0.625. The molecule has 0 aliphatic heterocycles. The summed E-state index contributed by atoms with van der Waals surface area (Å²) in [7, 11) is 0. The SMILES string of the molecule is CC(CN)c1nc(=O)[nH]c2c1CCCC2. The molecule has 0 aromatic carbocycles. The van der Waals surface area contributed by atoms with E-state index in [1.165, 1.54) is 12.0 Å². The van der Waals surface area contributed by atoms with Crippen molar-refractivity contribution >= 4 is 0 Å². The molecule has 15 heavy (non-hydrogen) atoms. The van der Waals surface area contributed by atoms with E-state index in [2.05, 4.69) is 9.97 Å². The standard InChI is InChI=1S/C11H17N3O/c1-7(6-12)10-8-4-2-3-5-9(8)13-11(15)14-10/h7H,2-6,12H2,1H3,(H,13,14,15). The number of fused-ring (bicyclic) bond motifs is 1. The van der Waals surface area contributed by atoms with Gasteiger partial charge in [0.25, 0.3) is 0 Å². The molecule has 1 aliphatic carbocycles. The molecule has 0 fully saturated rings. The molecule has 82 valence electrons. The Morgan fingerprint density at radius 2 is 2.20 bits per heavy atom. The van der Waals surface area contributed by atoms with E-state index in [9.17, 15) is 4.79 Å². The van der Waals surface area contributed by atoms with Crippen molar-refractivity contribution in [2.75, 3.05) is 6.54 Å². The number of hydrogen-bond acceptors (Lipinski definition) is 3. The molecule has 1 atom stereocenters. The molecule has 0 saturated heterocycles. The zero-order valence-electron chi connectivity index (χ0n) is 9.05. The summed E-state index contributed by atoms with van der Waals surface area (Å²) in [6.07, 6.45) is 4.34. The van der Waals surface area contributed by atoms with Crippen LogP contribution < -0.4 is 11.4 Å². The van der Waals surface area contributed by atoms with Crippen molar-refractivity contribution in [2.24, 2.45) is 5.73 Å². The molecule has 0 amide bonds. The van der Waals surface area contributed by atoms with Crippen LogP contribution in [0.1, 0.15) is 42.6 Å². The Hall–Kier alpha value is -1.16. The van der Waals surface area contributed by atoms with Crippen LogP contribution in [0.15, 0.2) is 4.79 Å². The van der Waals surface area contributed by atoms with Gasteiger partial charge in [0.2, 0.25) is 0 Å². The van der Waals surface area contributed by atoms with Crippen LogP contribution in [-0.4, -0.2) is 16.5 Å². The van der Waals surface area contributed by atoms with E-state index in [1.807, 2.05) is 6.92 Å². The van der Waals surface area contributed by atoms with Crippen molar-refractivity contribution in [1.82, 2.24) is 9.97 Å². The maximum atomic E-state index is 11.4. The summed E-state index contributed by atoms with van der Waals surface area (Å²) in [6, 6.07) is 0. The molecule has 0 radical (unpaired) electrons. The molecule has 0 spiro atoms. The summed E-state index contributed by atoms with van der Waals surface area (Å²) >= 11 is 0. The number of nitrogens with zero attached hydrogens (tertiary/aromatic N) is 1. The summed E-state index contributed by atoms with van der Waals surface area (Å²) in [5.74, 6) is 0.180. The number of H-pyrrole nitrogens is 1. The predicted molar refractivity (Wildman–Crippen MR) is 59.0 cm³/mol. The number of aromatic amines is 1. The van der Waals surface area contributed by atoms with Gasteiger partial charge in [-0.3, -0.25) is 0 Å². The predicted octanol–water partition coefficient (Wildman–Crippen LogP) is 0.711. The molecule has 2 rings (SSSR count). The van der Waals surface area contributed by atoms with Crippen LogP contribution in [0, 0.1) is 0 Å². The van der Waals surface area contributed by atoms with Crippen LogP contribution in [0.25, 0.3) is 0 Å². The van der Waals surface area contributed by atoms with Crippen LogP contribution in [0.5, 0.6) is 0 Å². The van der Waals surface area contributed by atoms with Crippen molar-refractivity contribution < 1.29 is 0 Å². The number of hydrogen-bond donors (Lipinski definition) is 2. The van der Waals surface area contributed by atoms with Gasteiger partial charge in [0, 0.05) is 18.2 Å². The second-order valence-corrected chi connectivity index (χ2v) is 4.23. The van der Waals surface area contributed by atoms with Crippen molar-refractivity contribution in [3.63, 3.8) is 0 Å². The lowest BCUT2D eigenvalue weighted by Gasteiger charge is -2.20. The highest BCUT2D eigenvalue weighted by atomic mass is 16.1. The highest BCUT2D eigenvalue weighted by molar-refractivity contribution is 5.29. The molecule has 4 nitrogen and oxygen atoms in total. The van der Waals surface area contributed by atoms with Gasteiger partial charge in [0.1, 0.15) is 0 Å². The molecular formula is C11H17N3O. The van der Waals surface area contributed by atoms with Crippen molar-refractivity contribution in [3.8, 4) is 0 Å². The van der Waals surface area contributed by atoms with Crippen LogP contribution in [-0.2, 0) is 12.8 Å². The summed E-state index contributed by atoms with van der Waals surface area (Å²) in [5, 5.41) is 0. The summed E-state index contributed by atoms with van der Waals surface area (Å²) in [6.45, 7) is 2.57. The average Bonchev–Trinajstić information content (AvgIpc) is 2.26. The second-order valence-electron chi connectivity index (χ2n) is 4.23. The molecule has 1 unspecified atom stereocenters. The third kappa shape index (κ3) is 1.95. The van der Waals surface area contributed by atoms with E-state index in [0.717, 1.165) is 30.7 Å². The molecule has 1 aromatic heterocycles. The Labute approximate surface area is 88.9 Å². The molecule has 0 bridgehead atoms. The largest absolute Gasteiger partial charge is 0.345 e. The van der Waals surface area contributed by atoms with Gasteiger partial charge in [-0.25, -0.2) is 4.79 Å². The fraction of sp³-hybridized carbons (Fsp3) is 0.636. The topological polar surface area (TPSA) is 71.8 Å². The minimum atomic E-state index is -0.231. The Balaban J connectivity index is 2.52. The van der Waals surface area contributed by atoms with Gasteiger partial charge in [-0.1, -0.05) is 6.92 Å². The summed E-state index contributed by atoms with van der Waals surface area (Å²) in [5.41, 5.74) is 8.63. The van der Waals surface area contributed by atoms with Crippen molar-refractivity contribution in [3.05, 3.63) is 27.4 Å².